The summed E-state index contributed by atoms with van der Waals surface area (Å²) in [6, 6.07) is 8.62. The summed E-state index contributed by atoms with van der Waals surface area (Å²) in [6.45, 7) is 0.605. The van der Waals surface area contributed by atoms with Crippen molar-refractivity contribution in [3.63, 3.8) is 0 Å². The number of carbonyl (C=O) groups excluding carboxylic acids is 1. The van der Waals surface area contributed by atoms with Crippen LogP contribution in [0.5, 0.6) is 0 Å². The summed E-state index contributed by atoms with van der Waals surface area (Å²) < 4.78 is 5.33. The van der Waals surface area contributed by atoms with Gasteiger partial charge in [0.05, 0.1) is 16.6 Å². The van der Waals surface area contributed by atoms with Gasteiger partial charge < -0.3 is 15.1 Å². The molecule has 6 heteroatoms. The van der Waals surface area contributed by atoms with Gasteiger partial charge in [-0.15, -0.1) is 0 Å². The summed E-state index contributed by atoms with van der Waals surface area (Å²) in [5, 5.41) is 0.921. The smallest absolute Gasteiger partial charge is 0.289 e. The van der Waals surface area contributed by atoms with E-state index in [4.69, 9.17) is 33.4 Å². The first kappa shape index (κ1) is 14.9. The number of furan rings is 1. The van der Waals surface area contributed by atoms with E-state index < -0.39 is 0 Å². The fourth-order valence-electron chi connectivity index (χ4n) is 1.79. The molecule has 0 unspecified atom stereocenters. The second kappa shape index (κ2) is 6.31. The molecule has 0 fully saturated rings. The molecule has 2 aromatic rings. The van der Waals surface area contributed by atoms with E-state index in [9.17, 15) is 4.79 Å². The van der Waals surface area contributed by atoms with E-state index in [2.05, 4.69) is 0 Å². The van der Waals surface area contributed by atoms with Crippen LogP contribution in [-0.2, 0) is 13.1 Å². The molecule has 0 aliphatic carbocycles. The van der Waals surface area contributed by atoms with Crippen LogP contribution < -0.4 is 5.73 Å². The highest BCUT2D eigenvalue weighted by Crippen LogP contribution is 2.26. The van der Waals surface area contributed by atoms with Crippen molar-refractivity contribution in [2.75, 3.05) is 7.05 Å². The molecule has 4 nitrogen and oxygen atoms in total. The van der Waals surface area contributed by atoms with Crippen LogP contribution in [0.1, 0.15) is 21.9 Å². The summed E-state index contributed by atoms with van der Waals surface area (Å²) in [5.74, 6) is 0.592. The normalized spacial score (nSPS) is 10.6. The third-order valence-corrected chi connectivity index (χ3v) is 3.72. The molecule has 20 heavy (non-hydrogen) atoms. The van der Waals surface area contributed by atoms with Crippen LogP contribution in [0, 0.1) is 0 Å². The summed E-state index contributed by atoms with van der Waals surface area (Å²) in [4.78, 5) is 13.7. The fraction of sp³-hybridized carbons (Fsp3) is 0.214. The van der Waals surface area contributed by atoms with E-state index in [0.717, 1.165) is 5.56 Å². The maximum absolute atomic E-state index is 12.2. The predicted molar refractivity (Wildman–Crippen MR) is 78.9 cm³/mol. The zero-order chi connectivity index (χ0) is 14.7. The molecule has 0 aliphatic heterocycles. The van der Waals surface area contributed by atoms with Crippen molar-refractivity contribution >= 4 is 29.1 Å². The lowest BCUT2D eigenvalue weighted by atomic mass is 10.2. The number of carbonyl (C=O) groups is 1. The van der Waals surface area contributed by atoms with Crippen LogP contribution in [-0.4, -0.2) is 17.9 Å². The lowest BCUT2D eigenvalue weighted by Gasteiger charge is -2.17. The molecule has 106 valence electrons. The Morgan fingerprint density at radius 3 is 2.70 bits per heavy atom. The largest absolute Gasteiger partial charge is 0.455 e. The van der Waals surface area contributed by atoms with Crippen LogP contribution in [0.15, 0.2) is 34.7 Å². The van der Waals surface area contributed by atoms with Gasteiger partial charge >= 0.3 is 0 Å². The van der Waals surface area contributed by atoms with Crippen molar-refractivity contribution in [3.05, 3.63) is 57.5 Å². The van der Waals surface area contributed by atoms with Gasteiger partial charge in [0.2, 0.25) is 0 Å². The van der Waals surface area contributed by atoms with Gasteiger partial charge in [-0.1, -0.05) is 35.3 Å². The number of amides is 1. The van der Waals surface area contributed by atoms with Crippen LogP contribution >= 0.6 is 23.2 Å². The average molecular weight is 313 g/mol. The molecule has 2 rings (SSSR count). The molecule has 0 aliphatic rings. The van der Waals surface area contributed by atoms with Gasteiger partial charge in [0, 0.05) is 13.6 Å². The van der Waals surface area contributed by atoms with E-state index >= 15 is 0 Å². The van der Waals surface area contributed by atoms with Crippen molar-refractivity contribution < 1.29 is 9.21 Å². The van der Waals surface area contributed by atoms with Crippen LogP contribution in [0.4, 0.5) is 0 Å². The molecule has 2 N–H and O–H groups in total. The second-order valence-corrected chi connectivity index (χ2v) is 5.13. The number of benzene rings is 1. The highest BCUT2D eigenvalue weighted by molar-refractivity contribution is 6.42. The average Bonchev–Trinajstić information content (AvgIpc) is 2.91. The SMILES string of the molecule is CN(Cc1cccc(Cl)c1Cl)C(=O)c1ccc(CN)o1. The topological polar surface area (TPSA) is 59.5 Å². The van der Waals surface area contributed by atoms with Crippen molar-refractivity contribution in [1.29, 1.82) is 0 Å². The van der Waals surface area contributed by atoms with Crippen LogP contribution in [0.25, 0.3) is 0 Å². The number of hydrogen-bond acceptors (Lipinski definition) is 3. The minimum Gasteiger partial charge on any atom is -0.455 e. The summed E-state index contributed by atoms with van der Waals surface area (Å²) in [6.07, 6.45) is 0. The second-order valence-electron chi connectivity index (χ2n) is 4.34. The Morgan fingerprint density at radius 2 is 2.05 bits per heavy atom. The Balaban J connectivity index is 2.13. The molecule has 0 saturated heterocycles. The number of hydrogen-bond donors (Lipinski definition) is 1. The Hall–Kier alpha value is -1.49. The summed E-state index contributed by atoms with van der Waals surface area (Å²) in [7, 11) is 1.67. The molecule has 1 aromatic heterocycles. The van der Waals surface area contributed by atoms with E-state index in [0.29, 0.717) is 22.4 Å². The standard InChI is InChI=1S/C14H14Cl2N2O2/c1-18(8-9-3-2-4-11(15)13(9)16)14(19)12-6-5-10(7-17)20-12/h2-6H,7-8,17H2,1H3. The van der Waals surface area contributed by atoms with E-state index in [1.54, 1.807) is 31.3 Å². The maximum atomic E-state index is 12.2. The molecule has 1 aromatic carbocycles. The quantitative estimate of drug-likeness (QED) is 0.942. The first-order valence-electron chi connectivity index (χ1n) is 6.00. The van der Waals surface area contributed by atoms with Gasteiger partial charge in [0.25, 0.3) is 5.91 Å². The van der Waals surface area contributed by atoms with Gasteiger partial charge in [-0.25, -0.2) is 0 Å². The highest BCUT2D eigenvalue weighted by Gasteiger charge is 2.17. The Labute approximate surface area is 127 Å². The van der Waals surface area contributed by atoms with E-state index in [1.165, 1.54) is 4.90 Å². The zero-order valence-corrected chi connectivity index (χ0v) is 12.4. The van der Waals surface area contributed by atoms with Gasteiger partial charge in [-0.3, -0.25) is 4.79 Å². The van der Waals surface area contributed by atoms with Gasteiger partial charge in [-0.05, 0) is 23.8 Å². The molecule has 0 radical (unpaired) electrons. The third kappa shape index (κ3) is 3.15. The minimum absolute atomic E-state index is 0.235. The maximum Gasteiger partial charge on any atom is 0.289 e. The van der Waals surface area contributed by atoms with Crippen molar-refractivity contribution in [2.45, 2.75) is 13.1 Å². The number of nitrogens with two attached hydrogens (primary N) is 1. The highest BCUT2D eigenvalue weighted by atomic mass is 35.5. The lowest BCUT2D eigenvalue weighted by Crippen LogP contribution is -2.26. The molecular weight excluding hydrogens is 299 g/mol. The van der Waals surface area contributed by atoms with Crippen LogP contribution in [0.2, 0.25) is 10.0 Å². The monoisotopic (exact) mass is 312 g/mol. The predicted octanol–water partition coefficient (Wildman–Crippen LogP) is 3.32. The number of halogens is 2. The number of nitrogens with zero attached hydrogens (tertiary/aromatic N) is 1. The van der Waals surface area contributed by atoms with Gasteiger partial charge in [-0.2, -0.15) is 0 Å². The van der Waals surface area contributed by atoms with E-state index in [-0.39, 0.29) is 18.2 Å². The summed E-state index contributed by atoms with van der Waals surface area (Å²) in [5.41, 5.74) is 6.23. The number of rotatable bonds is 4. The minimum atomic E-state index is -0.235. The van der Waals surface area contributed by atoms with Crippen molar-refractivity contribution in [1.82, 2.24) is 4.90 Å². The Bertz CT molecular complexity index is 625. The summed E-state index contributed by atoms with van der Waals surface area (Å²) >= 11 is 12.1. The van der Waals surface area contributed by atoms with E-state index in [1.807, 2.05) is 6.07 Å². The third-order valence-electron chi connectivity index (χ3n) is 2.86. The van der Waals surface area contributed by atoms with Crippen molar-refractivity contribution in [2.24, 2.45) is 5.73 Å². The first-order valence-corrected chi connectivity index (χ1v) is 6.75. The molecule has 1 amide bonds. The molecule has 0 atom stereocenters. The lowest BCUT2D eigenvalue weighted by molar-refractivity contribution is 0.0751. The molecule has 0 bridgehead atoms. The molecule has 1 heterocycles. The first-order chi connectivity index (χ1) is 9.52. The van der Waals surface area contributed by atoms with Crippen LogP contribution in [0.3, 0.4) is 0 Å². The van der Waals surface area contributed by atoms with Crippen molar-refractivity contribution in [3.8, 4) is 0 Å². The molecular formula is C14H14Cl2N2O2. The molecule has 0 spiro atoms. The fourth-order valence-corrected chi connectivity index (χ4v) is 2.17. The Morgan fingerprint density at radius 1 is 1.30 bits per heavy atom. The van der Waals surface area contributed by atoms with Gasteiger partial charge in [0.15, 0.2) is 5.76 Å². The zero-order valence-electron chi connectivity index (χ0n) is 10.9. The van der Waals surface area contributed by atoms with Gasteiger partial charge in [0.1, 0.15) is 5.76 Å². The molecule has 0 saturated carbocycles. The Kier molecular flexibility index (Phi) is 4.70.